The van der Waals surface area contributed by atoms with E-state index in [2.05, 4.69) is 16.0 Å². The summed E-state index contributed by atoms with van der Waals surface area (Å²) in [6.07, 6.45) is 1.66. The molecule has 0 saturated carbocycles. The quantitative estimate of drug-likeness (QED) is 0.807. The number of benzene rings is 2. The minimum atomic E-state index is -0.205. The predicted molar refractivity (Wildman–Crippen MR) is 91.2 cm³/mol. The van der Waals surface area contributed by atoms with E-state index in [1.807, 2.05) is 42.5 Å². The first-order chi connectivity index (χ1) is 11.2. The van der Waals surface area contributed by atoms with Gasteiger partial charge in [0.15, 0.2) is 0 Å². The van der Waals surface area contributed by atoms with Crippen LogP contribution in [-0.4, -0.2) is 31.4 Å². The van der Waals surface area contributed by atoms with Crippen LogP contribution in [0.1, 0.15) is 12.8 Å². The lowest BCUT2D eigenvalue weighted by atomic mass is 9.97. The molecule has 5 nitrogen and oxygen atoms in total. The Bertz CT molecular complexity index is 703. The van der Waals surface area contributed by atoms with Gasteiger partial charge in [0.25, 0.3) is 0 Å². The van der Waals surface area contributed by atoms with Crippen molar-refractivity contribution < 1.29 is 9.59 Å². The molecule has 1 aliphatic heterocycles. The number of piperidine rings is 1. The van der Waals surface area contributed by atoms with E-state index in [-0.39, 0.29) is 24.3 Å². The third-order valence-corrected chi connectivity index (χ3v) is 4.20. The zero-order chi connectivity index (χ0) is 16.1. The summed E-state index contributed by atoms with van der Waals surface area (Å²) in [5.74, 6) is -0.218. The molecule has 1 saturated heterocycles. The zero-order valence-electron chi connectivity index (χ0n) is 13.0. The third-order valence-electron chi connectivity index (χ3n) is 4.20. The predicted octanol–water partition coefficient (Wildman–Crippen LogP) is 1.89. The first-order valence-corrected chi connectivity index (χ1v) is 8.00. The summed E-state index contributed by atoms with van der Waals surface area (Å²) in [6, 6.07) is 13.7. The van der Waals surface area contributed by atoms with Gasteiger partial charge < -0.3 is 16.0 Å². The van der Waals surface area contributed by atoms with Gasteiger partial charge in [0.2, 0.25) is 11.8 Å². The van der Waals surface area contributed by atoms with E-state index in [9.17, 15) is 9.59 Å². The molecule has 23 heavy (non-hydrogen) atoms. The molecule has 0 radical (unpaired) electrons. The highest BCUT2D eigenvalue weighted by Crippen LogP contribution is 2.22. The van der Waals surface area contributed by atoms with Crippen LogP contribution in [0.5, 0.6) is 0 Å². The Balaban J connectivity index is 1.57. The second-order valence-electron chi connectivity index (χ2n) is 5.82. The number of nitrogens with one attached hydrogen (secondary N) is 3. The molecule has 5 heteroatoms. The van der Waals surface area contributed by atoms with Crippen molar-refractivity contribution in [3.8, 4) is 0 Å². The fourth-order valence-electron chi connectivity index (χ4n) is 2.92. The van der Waals surface area contributed by atoms with E-state index in [0.717, 1.165) is 42.4 Å². The Kier molecular flexibility index (Phi) is 4.88. The number of amides is 2. The summed E-state index contributed by atoms with van der Waals surface area (Å²) in [5, 5.41) is 10.9. The molecule has 0 bridgehead atoms. The molecule has 2 aromatic carbocycles. The molecule has 1 aliphatic rings. The van der Waals surface area contributed by atoms with Crippen molar-refractivity contribution in [2.75, 3.05) is 25.0 Å². The smallest absolute Gasteiger partial charge is 0.243 e. The Hall–Kier alpha value is -2.40. The molecule has 0 aromatic heterocycles. The Morgan fingerprint density at radius 2 is 1.78 bits per heavy atom. The molecular weight excluding hydrogens is 290 g/mol. The molecule has 3 N–H and O–H groups in total. The van der Waals surface area contributed by atoms with E-state index in [1.54, 1.807) is 0 Å². The lowest BCUT2D eigenvalue weighted by Gasteiger charge is -2.21. The van der Waals surface area contributed by atoms with Crippen LogP contribution in [0.15, 0.2) is 42.5 Å². The van der Waals surface area contributed by atoms with Gasteiger partial charge in [0, 0.05) is 17.0 Å². The maximum Gasteiger partial charge on any atom is 0.243 e. The second kappa shape index (κ2) is 7.24. The van der Waals surface area contributed by atoms with Crippen molar-refractivity contribution in [3.63, 3.8) is 0 Å². The van der Waals surface area contributed by atoms with Crippen molar-refractivity contribution in [1.29, 1.82) is 0 Å². The van der Waals surface area contributed by atoms with Gasteiger partial charge in [0.05, 0.1) is 6.54 Å². The number of anilines is 1. The molecule has 0 unspecified atom stereocenters. The Morgan fingerprint density at radius 1 is 1.04 bits per heavy atom. The van der Waals surface area contributed by atoms with E-state index in [4.69, 9.17) is 0 Å². The first kappa shape index (κ1) is 15.5. The topological polar surface area (TPSA) is 70.2 Å². The van der Waals surface area contributed by atoms with Crippen molar-refractivity contribution in [2.24, 2.45) is 5.92 Å². The zero-order valence-corrected chi connectivity index (χ0v) is 13.0. The lowest BCUT2D eigenvalue weighted by molar-refractivity contribution is -0.127. The highest BCUT2D eigenvalue weighted by atomic mass is 16.2. The number of fused-ring (bicyclic) bond motifs is 1. The third kappa shape index (κ3) is 3.87. The van der Waals surface area contributed by atoms with Gasteiger partial charge in [-0.15, -0.1) is 0 Å². The van der Waals surface area contributed by atoms with Crippen LogP contribution in [0.4, 0.5) is 5.69 Å². The number of hydrogen-bond acceptors (Lipinski definition) is 3. The summed E-state index contributed by atoms with van der Waals surface area (Å²) in [4.78, 5) is 24.2. The minimum Gasteiger partial charge on any atom is -0.347 e. The average molecular weight is 311 g/mol. The van der Waals surface area contributed by atoms with E-state index < -0.39 is 0 Å². The van der Waals surface area contributed by atoms with Crippen molar-refractivity contribution in [2.45, 2.75) is 12.8 Å². The van der Waals surface area contributed by atoms with Crippen LogP contribution in [0.25, 0.3) is 10.8 Å². The summed E-state index contributed by atoms with van der Waals surface area (Å²) < 4.78 is 0. The molecule has 1 heterocycles. The molecule has 0 atom stereocenters. The Labute approximate surface area is 135 Å². The van der Waals surface area contributed by atoms with Gasteiger partial charge in [-0.3, -0.25) is 9.59 Å². The maximum absolute atomic E-state index is 12.1. The molecule has 2 amide bonds. The molecule has 0 aliphatic carbocycles. The fraction of sp³-hybridized carbons (Fsp3) is 0.333. The SMILES string of the molecule is O=C(CNC(=O)C1CCNCC1)Nc1cccc2ccccc12. The standard InChI is InChI=1S/C18H21N3O2/c22-17(12-20-18(23)14-8-10-19-11-9-14)21-16-7-3-5-13-4-1-2-6-15(13)16/h1-7,14,19H,8-12H2,(H,20,23)(H,21,22). The van der Waals surface area contributed by atoms with Gasteiger partial charge >= 0.3 is 0 Å². The maximum atomic E-state index is 12.1. The largest absolute Gasteiger partial charge is 0.347 e. The van der Waals surface area contributed by atoms with Crippen LogP contribution >= 0.6 is 0 Å². The van der Waals surface area contributed by atoms with E-state index in [0.29, 0.717) is 0 Å². The summed E-state index contributed by atoms with van der Waals surface area (Å²) >= 11 is 0. The summed E-state index contributed by atoms with van der Waals surface area (Å²) in [6.45, 7) is 1.73. The van der Waals surface area contributed by atoms with Crippen molar-refractivity contribution >= 4 is 28.3 Å². The highest BCUT2D eigenvalue weighted by molar-refractivity contribution is 6.03. The molecular formula is C18H21N3O2. The van der Waals surface area contributed by atoms with Gasteiger partial charge in [-0.1, -0.05) is 36.4 Å². The highest BCUT2D eigenvalue weighted by Gasteiger charge is 2.21. The van der Waals surface area contributed by atoms with E-state index in [1.165, 1.54) is 0 Å². The molecule has 120 valence electrons. The van der Waals surface area contributed by atoms with Gasteiger partial charge in [-0.2, -0.15) is 0 Å². The Morgan fingerprint density at radius 3 is 2.61 bits per heavy atom. The van der Waals surface area contributed by atoms with Gasteiger partial charge in [-0.05, 0) is 37.4 Å². The van der Waals surface area contributed by atoms with Crippen molar-refractivity contribution in [3.05, 3.63) is 42.5 Å². The lowest BCUT2D eigenvalue weighted by Crippen LogP contribution is -2.41. The van der Waals surface area contributed by atoms with E-state index >= 15 is 0 Å². The number of carbonyl (C=O) groups is 2. The van der Waals surface area contributed by atoms with Crippen LogP contribution in [-0.2, 0) is 9.59 Å². The molecule has 0 spiro atoms. The monoisotopic (exact) mass is 311 g/mol. The molecule has 2 aromatic rings. The summed E-state index contributed by atoms with van der Waals surface area (Å²) in [7, 11) is 0. The average Bonchev–Trinajstić information content (AvgIpc) is 2.61. The van der Waals surface area contributed by atoms with Crippen LogP contribution in [0.3, 0.4) is 0 Å². The molecule has 3 rings (SSSR count). The number of hydrogen-bond donors (Lipinski definition) is 3. The number of rotatable bonds is 4. The fourth-order valence-corrected chi connectivity index (χ4v) is 2.92. The van der Waals surface area contributed by atoms with Crippen LogP contribution in [0.2, 0.25) is 0 Å². The molecule has 1 fully saturated rings. The summed E-state index contributed by atoms with van der Waals surface area (Å²) in [5.41, 5.74) is 0.768. The van der Waals surface area contributed by atoms with Gasteiger partial charge in [-0.25, -0.2) is 0 Å². The minimum absolute atomic E-state index is 0.00594. The normalized spacial score (nSPS) is 15.3. The first-order valence-electron chi connectivity index (χ1n) is 8.00. The van der Waals surface area contributed by atoms with Crippen LogP contribution in [0, 0.1) is 5.92 Å². The van der Waals surface area contributed by atoms with Crippen molar-refractivity contribution in [1.82, 2.24) is 10.6 Å². The second-order valence-corrected chi connectivity index (χ2v) is 5.82. The number of carbonyl (C=O) groups excluding carboxylic acids is 2. The van der Waals surface area contributed by atoms with Gasteiger partial charge in [0.1, 0.15) is 0 Å². The van der Waals surface area contributed by atoms with Crippen LogP contribution < -0.4 is 16.0 Å².